The zero-order chi connectivity index (χ0) is 12.1. The Kier molecular flexibility index (Phi) is 4.87. The Morgan fingerprint density at radius 2 is 1.94 bits per heavy atom. The summed E-state index contributed by atoms with van der Waals surface area (Å²) in [4.78, 5) is 2.77. The zero-order valence-corrected chi connectivity index (χ0v) is 11.8. The van der Waals surface area contributed by atoms with Crippen molar-refractivity contribution in [3.05, 3.63) is 0 Å². The van der Waals surface area contributed by atoms with Crippen molar-refractivity contribution < 1.29 is 0 Å². The van der Waals surface area contributed by atoms with Crippen LogP contribution in [0.15, 0.2) is 0 Å². The molecule has 1 saturated carbocycles. The second kappa shape index (κ2) is 6.19. The minimum absolute atomic E-state index is 0.520. The van der Waals surface area contributed by atoms with Crippen molar-refractivity contribution in [2.24, 2.45) is 5.41 Å². The van der Waals surface area contributed by atoms with Gasteiger partial charge < -0.3 is 10.2 Å². The topological polar surface area (TPSA) is 15.3 Å². The minimum atomic E-state index is 0.520. The summed E-state index contributed by atoms with van der Waals surface area (Å²) >= 11 is 0. The van der Waals surface area contributed by atoms with Crippen LogP contribution in [-0.2, 0) is 0 Å². The Hall–Kier alpha value is -0.0800. The molecule has 1 heterocycles. The molecule has 2 heteroatoms. The summed E-state index contributed by atoms with van der Waals surface area (Å²) in [5.41, 5.74) is 0.520. The molecule has 1 aliphatic heterocycles. The Labute approximate surface area is 107 Å². The first-order chi connectivity index (χ1) is 8.23. The maximum absolute atomic E-state index is 3.58. The molecule has 1 aliphatic carbocycles. The fourth-order valence-electron chi connectivity index (χ4n) is 3.69. The standard InChI is InChI=1S/C15H30N2/c1-3-17(14-8-5-4-6-9-14)13-15(2)10-7-11-16-12-15/h14,16H,3-13H2,1-2H3. The largest absolute Gasteiger partial charge is 0.316 e. The van der Waals surface area contributed by atoms with Gasteiger partial charge in [-0.1, -0.05) is 33.1 Å². The molecular weight excluding hydrogens is 208 g/mol. The highest BCUT2D eigenvalue weighted by Gasteiger charge is 2.31. The lowest BCUT2D eigenvalue weighted by molar-refractivity contribution is 0.0848. The van der Waals surface area contributed by atoms with Crippen molar-refractivity contribution in [1.82, 2.24) is 10.2 Å². The molecule has 0 spiro atoms. The van der Waals surface area contributed by atoms with E-state index in [4.69, 9.17) is 0 Å². The van der Waals surface area contributed by atoms with Crippen molar-refractivity contribution in [2.45, 2.75) is 64.8 Å². The molecule has 0 bridgehead atoms. The summed E-state index contributed by atoms with van der Waals surface area (Å²) in [5, 5.41) is 3.58. The van der Waals surface area contributed by atoms with E-state index in [1.54, 1.807) is 0 Å². The predicted molar refractivity (Wildman–Crippen MR) is 74.3 cm³/mol. The van der Waals surface area contributed by atoms with Crippen molar-refractivity contribution in [1.29, 1.82) is 0 Å². The van der Waals surface area contributed by atoms with Crippen LogP contribution in [0, 0.1) is 5.41 Å². The molecule has 2 rings (SSSR count). The lowest BCUT2D eigenvalue weighted by Crippen LogP contribution is -2.49. The van der Waals surface area contributed by atoms with Gasteiger partial charge in [0.25, 0.3) is 0 Å². The molecule has 0 aromatic heterocycles. The first-order valence-corrected chi connectivity index (χ1v) is 7.68. The molecule has 2 aliphatic rings. The van der Waals surface area contributed by atoms with Gasteiger partial charge in [0.2, 0.25) is 0 Å². The van der Waals surface area contributed by atoms with Crippen molar-refractivity contribution >= 4 is 0 Å². The van der Waals surface area contributed by atoms with Gasteiger partial charge in [-0.3, -0.25) is 0 Å². The van der Waals surface area contributed by atoms with Gasteiger partial charge >= 0.3 is 0 Å². The monoisotopic (exact) mass is 238 g/mol. The molecule has 1 atom stereocenters. The molecule has 0 radical (unpaired) electrons. The van der Waals surface area contributed by atoms with Gasteiger partial charge in [-0.05, 0) is 44.2 Å². The number of piperidine rings is 1. The van der Waals surface area contributed by atoms with Gasteiger partial charge in [0.1, 0.15) is 0 Å². The van der Waals surface area contributed by atoms with Crippen LogP contribution in [0.1, 0.15) is 58.8 Å². The average molecular weight is 238 g/mol. The average Bonchev–Trinajstić information content (AvgIpc) is 2.38. The van der Waals surface area contributed by atoms with E-state index in [1.165, 1.54) is 71.1 Å². The van der Waals surface area contributed by atoms with Gasteiger partial charge in [-0.25, -0.2) is 0 Å². The first-order valence-electron chi connectivity index (χ1n) is 7.68. The highest BCUT2D eigenvalue weighted by molar-refractivity contribution is 4.87. The second-order valence-electron chi connectivity index (χ2n) is 6.45. The molecule has 0 amide bonds. The smallest absolute Gasteiger partial charge is 0.00953 e. The summed E-state index contributed by atoms with van der Waals surface area (Å²) < 4.78 is 0. The number of hydrogen-bond donors (Lipinski definition) is 1. The molecule has 1 saturated heterocycles. The van der Waals surface area contributed by atoms with Crippen molar-refractivity contribution in [3.8, 4) is 0 Å². The zero-order valence-electron chi connectivity index (χ0n) is 11.8. The Bertz CT molecular complexity index is 215. The van der Waals surface area contributed by atoms with Crippen LogP contribution in [0.4, 0.5) is 0 Å². The van der Waals surface area contributed by atoms with E-state index in [0.717, 1.165) is 6.04 Å². The van der Waals surface area contributed by atoms with Crippen LogP contribution < -0.4 is 5.32 Å². The van der Waals surface area contributed by atoms with Crippen LogP contribution in [-0.4, -0.2) is 37.1 Å². The fraction of sp³-hybridized carbons (Fsp3) is 1.00. The third kappa shape index (κ3) is 3.69. The van der Waals surface area contributed by atoms with Crippen LogP contribution in [0.3, 0.4) is 0 Å². The van der Waals surface area contributed by atoms with Gasteiger partial charge in [0.15, 0.2) is 0 Å². The summed E-state index contributed by atoms with van der Waals surface area (Å²) in [7, 11) is 0. The molecule has 1 unspecified atom stereocenters. The molecule has 100 valence electrons. The molecule has 2 fully saturated rings. The molecule has 17 heavy (non-hydrogen) atoms. The van der Waals surface area contributed by atoms with E-state index in [0.29, 0.717) is 5.41 Å². The minimum Gasteiger partial charge on any atom is -0.316 e. The molecule has 0 aromatic carbocycles. The van der Waals surface area contributed by atoms with Gasteiger partial charge in [-0.2, -0.15) is 0 Å². The van der Waals surface area contributed by atoms with Crippen LogP contribution >= 0.6 is 0 Å². The van der Waals surface area contributed by atoms with Gasteiger partial charge in [0, 0.05) is 19.1 Å². The Balaban J connectivity index is 1.88. The Morgan fingerprint density at radius 1 is 1.18 bits per heavy atom. The first kappa shape index (κ1) is 13.4. The van der Waals surface area contributed by atoms with Gasteiger partial charge in [0.05, 0.1) is 0 Å². The molecule has 1 N–H and O–H groups in total. The van der Waals surface area contributed by atoms with E-state index in [-0.39, 0.29) is 0 Å². The fourth-order valence-corrected chi connectivity index (χ4v) is 3.69. The highest BCUT2D eigenvalue weighted by atomic mass is 15.2. The summed E-state index contributed by atoms with van der Waals surface area (Å²) in [6.45, 7) is 9.81. The third-order valence-corrected chi connectivity index (χ3v) is 4.77. The van der Waals surface area contributed by atoms with E-state index in [2.05, 4.69) is 24.1 Å². The number of rotatable bonds is 4. The number of nitrogens with one attached hydrogen (secondary N) is 1. The van der Waals surface area contributed by atoms with Gasteiger partial charge in [-0.15, -0.1) is 0 Å². The normalized spacial score (nSPS) is 31.9. The van der Waals surface area contributed by atoms with Crippen LogP contribution in [0.5, 0.6) is 0 Å². The molecule has 0 aromatic rings. The lowest BCUT2D eigenvalue weighted by Gasteiger charge is -2.42. The summed E-state index contributed by atoms with van der Waals surface area (Å²) in [6.07, 6.45) is 10.0. The maximum atomic E-state index is 3.58. The predicted octanol–water partition coefficient (Wildman–Crippen LogP) is 3.03. The van der Waals surface area contributed by atoms with E-state index >= 15 is 0 Å². The van der Waals surface area contributed by atoms with Crippen LogP contribution in [0.2, 0.25) is 0 Å². The van der Waals surface area contributed by atoms with Crippen molar-refractivity contribution in [3.63, 3.8) is 0 Å². The van der Waals surface area contributed by atoms with E-state index < -0.39 is 0 Å². The Morgan fingerprint density at radius 3 is 2.53 bits per heavy atom. The third-order valence-electron chi connectivity index (χ3n) is 4.77. The summed E-state index contributed by atoms with van der Waals surface area (Å²) in [6, 6.07) is 0.882. The van der Waals surface area contributed by atoms with E-state index in [9.17, 15) is 0 Å². The molecular formula is C15H30N2. The van der Waals surface area contributed by atoms with E-state index in [1.807, 2.05) is 0 Å². The maximum Gasteiger partial charge on any atom is 0.00953 e. The number of nitrogens with zero attached hydrogens (tertiary/aromatic N) is 1. The summed E-state index contributed by atoms with van der Waals surface area (Å²) in [5.74, 6) is 0. The quantitative estimate of drug-likeness (QED) is 0.810. The second-order valence-corrected chi connectivity index (χ2v) is 6.45. The lowest BCUT2D eigenvalue weighted by atomic mass is 9.81. The SMILES string of the molecule is CCN(CC1(C)CCCNC1)C1CCCCC1. The van der Waals surface area contributed by atoms with Crippen LogP contribution in [0.25, 0.3) is 0 Å². The molecule has 2 nitrogen and oxygen atoms in total. The number of hydrogen-bond acceptors (Lipinski definition) is 2. The highest BCUT2D eigenvalue weighted by Crippen LogP contribution is 2.30. The van der Waals surface area contributed by atoms with Crippen molar-refractivity contribution in [2.75, 3.05) is 26.2 Å².